The molecular formula is C42H38N2O. The molecule has 6 aromatic carbocycles. The highest BCUT2D eigenvalue weighted by Gasteiger charge is 2.21. The van der Waals surface area contributed by atoms with Crippen LogP contribution in [0.25, 0.3) is 55.2 Å². The van der Waals surface area contributed by atoms with E-state index in [0.29, 0.717) is 11.8 Å². The second kappa shape index (κ2) is 11.5. The molecule has 0 atom stereocenters. The van der Waals surface area contributed by atoms with E-state index in [0.717, 1.165) is 45.5 Å². The summed E-state index contributed by atoms with van der Waals surface area (Å²) in [6.45, 7) is 11.2. The minimum atomic E-state index is -0.0433. The van der Waals surface area contributed by atoms with Gasteiger partial charge in [-0.2, -0.15) is 0 Å². The molecule has 0 fully saturated rings. The third kappa shape index (κ3) is 5.67. The van der Waals surface area contributed by atoms with Gasteiger partial charge in [-0.05, 0) is 86.3 Å². The van der Waals surface area contributed by atoms with Crippen molar-refractivity contribution in [1.29, 1.82) is 0 Å². The highest BCUT2D eigenvalue weighted by Crippen LogP contribution is 2.39. The summed E-state index contributed by atoms with van der Waals surface area (Å²) in [5, 5.41) is 4.85. The molecule has 0 amide bonds. The Balaban J connectivity index is 1.33. The first-order valence-corrected chi connectivity index (χ1v) is 15.8. The molecule has 0 unspecified atom stereocenters. The second-order valence-corrected chi connectivity index (χ2v) is 13.4. The van der Waals surface area contributed by atoms with Gasteiger partial charge < -0.3 is 4.42 Å². The van der Waals surface area contributed by atoms with Crippen molar-refractivity contribution in [2.24, 2.45) is 10.9 Å². The van der Waals surface area contributed by atoms with E-state index in [2.05, 4.69) is 126 Å². The van der Waals surface area contributed by atoms with Crippen molar-refractivity contribution in [1.82, 2.24) is 4.98 Å². The van der Waals surface area contributed by atoms with E-state index in [4.69, 9.17) is 14.4 Å². The van der Waals surface area contributed by atoms with Gasteiger partial charge in [0.2, 0.25) is 5.89 Å². The van der Waals surface area contributed by atoms with Crippen LogP contribution in [-0.4, -0.2) is 11.2 Å². The van der Waals surface area contributed by atoms with Gasteiger partial charge in [-0.1, -0.05) is 120 Å². The number of benzene rings is 6. The highest BCUT2D eigenvalue weighted by atomic mass is 16.3. The quantitative estimate of drug-likeness (QED) is 0.144. The molecule has 222 valence electrons. The van der Waals surface area contributed by atoms with Gasteiger partial charge in [-0.15, -0.1) is 0 Å². The van der Waals surface area contributed by atoms with Crippen molar-refractivity contribution in [3.63, 3.8) is 0 Å². The van der Waals surface area contributed by atoms with E-state index < -0.39 is 0 Å². The molecule has 3 heteroatoms. The standard InChI is InChI=1S/C42H38N2O/c1-27(2)22-28-18-20-29(21-19-28)37-24-32(42(3,4)5)25-39-40(37)44-41(45-39)36-16-10-11-17-38(36)43-26-31-23-30-12-6-7-13-33(30)35-15-9-8-14-34(31)35/h6-21,23-27H,22H2,1-5H3. The fraction of sp³-hybridized carbons (Fsp3) is 0.190. The monoisotopic (exact) mass is 586 g/mol. The number of aliphatic imine (C=N–C) groups is 1. The van der Waals surface area contributed by atoms with Crippen molar-refractivity contribution < 1.29 is 4.42 Å². The molecule has 0 N–H and O–H groups in total. The molecule has 0 spiro atoms. The molecule has 0 saturated heterocycles. The molecule has 1 heterocycles. The maximum atomic E-state index is 6.56. The van der Waals surface area contributed by atoms with E-state index in [1.807, 2.05) is 30.5 Å². The summed E-state index contributed by atoms with van der Waals surface area (Å²) < 4.78 is 6.56. The van der Waals surface area contributed by atoms with Crippen molar-refractivity contribution >= 4 is 44.5 Å². The first kappa shape index (κ1) is 28.7. The number of nitrogens with zero attached hydrogens (tertiary/aromatic N) is 2. The molecular weight excluding hydrogens is 548 g/mol. The zero-order valence-corrected chi connectivity index (χ0v) is 26.6. The lowest BCUT2D eigenvalue weighted by Gasteiger charge is -2.20. The Labute approximate surface area is 265 Å². The van der Waals surface area contributed by atoms with Crippen LogP contribution in [0.2, 0.25) is 0 Å². The molecule has 7 aromatic rings. The number of hydrogen-bond acceptors (Lipinski definition) is 3. The van der Waals surface area contributed by atoms with Gasteiger partial charge in [0.15, 0.2) is 5.58 Å². The molecule has 0 saturated carbocycles. The van der Waals surface area contributed by atoms with E-state index in [1.54, 1.807) is 0 Å². The summed E-state index contributed by atoms with van der Waals surface area (Å²) in [6, 6.07) is 40.7. The number of rotatable bonds is 6. The summed E-state index contributed by atoms with van der Waals surface area (Å²) in [5.41, 5.74) is 9.18. The van der Waals surface area contributed by atoms with E-state index in [-0.39, 0.29) is 5.41 Å². The smallest absolute Gasteiger partial charge is 0.229 e. The Morgan fingerprint density at radius 3 is 2.18 bits per heavy atom. The van der Waals surface area contributed by atoms with Gasteiger partial charge in [0.25, 0.3) is 0 Å². The molecule has 1 aromatic heterocycles. The average molecular weight is 587 g/mol. The van der Waals surface area contributed by atoms with Gasteiger partial charge in [0.1, 0.15) is 5.52 Å². The van der Waals surface area contributed by atoms with Crippen molar-refractivity contribution in [3.05, 3.63) is 132 Å². The number of oxazole rings is 1. The first-order valence-electron chi connectivity index (χ1n) is 15.8. The minimum absolute atomic E-state index is 0.0433. The largest absolute Gasteiger partial charge is 0.436 e. The van der Waals surface area contributed by atoms with Crippen LogP contribution in [0.5, 0.6) is 0 Å². The molecule has 0 radical (unpaired) electrons. The van der Waals surface area contributed by atoms with Gasteiger partial charge in [0.05, 0.1) is 11.3 Å². The van der Waals surface area contributed by atoms with Crippen molar-refractivity contribution in [2.75, 3.05) is 0 Å². The summed E-state index contributed by atoms with van der Waals surface area (Å²) >= 11 is 0. The lowest BCUT2D eigenvalue weighted by molar-refractivity contribution is 0.584. The molecule has 7 rings (SSSR count). The summed E-state index contributed by atoms with van der Waals surface area (Å²) in [5.74, 6) is 1.19. The van der Waals surface area contributed by atoms with Gasteiger partial charge in [-0.25, -0.2) is 4.98 Å². The Morgan fingerprint density at radius 1 is 0.733 bits per heavy atom. The highest BCUT2D eigenvalue weighted by molar-refractivity contribution is 6.14. The number of fused-ring (bicyclic) bond motifs is 4. The Hall–Kier alpha value is -5.02. The Bertz CT molecular complexity index is 2190. The molecule has 0 aliphatic heterocycles. The predicted molar refractivity (Wildman–Crippen MR) is 191 cm³/mol. The Morgan fingerprint density at radius 2 is 1.42 bits per heavy atom. The van der Waals surface area contributed by atoms with Crippen LogP contribution in [0.15, 0.2) is 125 Å². The lowest BCUT2D eigenvalue weighted by Crippen LogP contribution is -2.11. The third-order valence-electron chi connectivity index (χ3n) is 8.55. The summed E-state index contributed by atoms with van der Waals surface area (Å²) in [7, 11) is 0. The maximum Gasteiger partial charge on any atom is 0.229 e. The summed E-state index contributed by atoms with van der Waals surface area (Å²) in [4.78, 5) is 10.1. The van der Waals surface area contributed by atoms with Gasteiger partial charge in [0, 0.05) is 17.3 Å². The summed E-state index contributed by atoms with van der Waals surface area (Å²) in [6.07, 6.45) is 3.04. The third-order valence-corrected chi connectivity index (χ3v) is 8.55. The fourth-order valence-electron chi connectivity index (χ4n) is 6.19. The molecule has 3 nitrogen and oxygen atoms in total. The van der Waals surface area contributed by atoms with Crippen LogP contribution in [0, 0.1) is 5.92 Å². The van der Waals surface area contributed by atoms with Crippen molar-refractivity contribution in [2.45, 2.75) is 46.5 Å². The maximum absolute atomic E-state index is 6.56. The van der Waals surface area contributed by atoms with Crippen LogP contribution in [0.3, 0.4) is 0 Å². The number of aromatic nitrogens is 1. The zero-order valence-electron chi connectivity index (χ0n) is 26.6. The van der Waals surface area contributed by atoms with Crippen LogP contribution in [0.1, 0.15) is 51.3 Å². The fourth-order valence-corrected chi connectivity index (χ4v) is 6.19. The molecule has 0 bridgehead atoms. The normalized spacial score (nSPS) is 12.3. The van der Waals surface area contributed by atoms with Gasteiger partial charge >= 0.3 is 0 Å². The van der Waals surface area contributed by atoms with E-state index in [9.17, 15) is 0 Å². The van der Waals surface area contributed by atoms with Gasteiger partial charge in [-0.3, -0.25) is 4.99 Å². The van der Waals surface area contributed by atoms with Crippen LogP contribution in [0.4, 0.5) is 5.69 Å². The molecule has 0 aliphatic rings. The van der Waals surface area contributed by atoms with Crippen LogP contribution < -0.4 is 0 Å². The lowest BCUT2D eigenvalue weighted by atomic mass is 9.85. The predicted octanol–water partition coefficient (Wildman–Crippen LogP) is 11.7. The van der Waals surface area contributed by atoms with E-state index >= 15 is 0 Å². The SMILES string of the molecule is CC(C)Cc1ccc(-c2cc(C(C)(C)C)cc3oc(-c4ccccc4N=Cc4cc5ccccc5c5ccccc45)nc23)cc1. The second-order valence-electron chi connectivity index (χ2n) is 13.4. The topological polar surface area (TPSA) is 38.4 Å². The minimum Gasteiger partial charge on any atom is -0.436 e. The van der Waals surface area contributed by atoms with Crippen molar-refractivity contribution in [3.8, 4) is 22.6 Å². The molecule has 45 heavy (non-hydrogen) atoms. The molecule has 0 aliphatic carbocycles. The first-order chi connectivity index (χ1) is 21.7. The Kier molecular flexibility index (Phi) is 7.33. The van der Waals surface area contributed by atoms with E-state index in [1.165, 1.54) is 32.7 Å². The zero-order chi connectivity index (χ0) is 31.1. The van der Waals surface area contributed by atoms with Crippen LogP contribution >= 0.6 is 0 Å². The van der Waals surface area contributed by atoms with Crippen LogP contribution in [-0.2, 0) is 11.8 Å². The number of para-hydroxylation sites is 1. The number of hydrogen-bond donors (Lipinski definition) is 0. The average Bonchev–Trinajstić information content (AvgIpc) is 3.47.